The molecule has 6 heteroatoms. The average molecular weight is 436 g/mol. The number of amides is 2. The van der Waals surface area contributed by atoms with Gasteiger partial charge in [-0.1, -0.05) is 37.8 Å². The molecule has 0 atom stereocenters. The summed E-state index contributed by atoms with van der Waals surface area (Å²) in [6.07, 6.45) is 12.4. The Kier molecular flexibility index (Phi) is 7.75. The summed E-state index contributed by atoms with van der Waals surface area (Å²) in [7, 11) is 0. The molecule has 4 rings (SSSR count). The summed E-state index contributed by atoms with van der Waals surface area (Å²) in [4.78, 5) is 31.2. The third-order valence-corrected chi connectivity index (χ3v) is 6.61. The predicted octanol–water partition coefficient (Wildman–Crippen LogP) is 4.47. The molecule has 2 fully saturated rings. The van der Waals surface area contributed by atoms with Crippen molar-refractivity contribution in [3.63, 3.8) is 0 Å². The molecule has 0 spiro atoms. The fraction of sp³-hybridized carbons (Fsp3) is 0.500. The van der Waals surface area contributed by atoms with Gasteiger partial charge >= 0.3 is 0 Å². The number of hydrogen-bond acceptors (Lipinski definition) is 4. The van der Waals surface area contributed by atoms with Crippen LogP contribution < -0.4 is 10.1 Å². The number of para-hydroxylation sites is 1. The maximum absolute atomic E-state index is 12.8. The highest BCUT2D eigenvalue weighted by atomic mass is 16.5. The van der Waals surface area contributed by atoms with Crippen molar-refractivity contribution in [1.82, 2.24) is 15.2 Å². The topological polar surface area (TPSA) is 71.5 Å². The van der Waals surface area contributed by atoms with Gasteiger partial charge in [-0.2, -0.15) is 0 Å². The minimum absolute atomic E-state index is 0.00827. The second-order valence-corrected chi connectivity index (χ2v) is 8.90. The van der Waals surface area contributed by atoms with Crippen LogP contribution in [0.1, 0.15) is 72.1 Å². The van der Waals surface area contributed by atoms with Crippen molar-refractivity contribution in [3.05, 3.63) is 59.9 Å². The molecule has 1 aromatic heterocycles. The summed E-state index contributed by atoms with van der Waals surface area (Å²) < 4.78 is 6.22. The molecular formula is C26H33N3O3. The number of piperidine rings is 1. The third kappa shape index (κ3) is 5.87. The molecule has 0 bridgehead atoms. The SMILES string of the molecule is O=C(NCCCC1CCCC1)c1ccccc1OC1CCN(C(=O)c2cccnc2)CC1. The maximum Gasteiger partial charge on any atom is 0.255 e. The van der Waals surface area contributed by atoms with E-state index in [0.717, 1.165) is 25.2 Å². The Morgan fingerprint density at radius 1 is 1.03 bits per heavy atom. The number of ether oxygens (including phenoxy) is 1. The first kappa shape index (κ1) is 22.3. The van der Waals surface area contributed by atoms with Crippen LogP contribution in [0.25, 0.3) is 0 Å². The van der Waals surface area contributed by atoms with E-state index in [1.165, 1.54) is 32.1 Å². The number of likely N-dealkylation sites (tertiary alicyclic amines) is 1. The maximum atomic E-state index is 12.8. The lowest BCUT2D eigenvalue weighted by molar-refractivity contribution is 0.0593. The Hall–Kier alpha value is -2.89. The molecule has 2 amide bonds. The van der Waals surface area contributed by atoms with E-state index in [1.807, 2.05) is 29.2 Å². The van der Waals surface area contributed by atoms with Crippen molar-refractivity contribution in [2.75, 3.05) is 19.6 Å². The van der Waals surface area contributed by atoms with E-state index in [2.05, 4.69) is 10.3 Å². The predicted molar refractivity (Wildman–Crippen MR) is 124 cm³/mol. The van der Waals surface area contributed by atoms with Gasteiger partial charge in [0.1, 0.15) is 11.9 Å². The Morgan fingerprint density at radius 2 is 1.81 bits per heavy atom. The molecule has 0 radical (unpaired) electrons. The van der Waals surface area contributed by atoms with Crippen LogP contribution in [0, 0.1) is 5.92 Å². The van der Waals surface area contributed by atoms with Gasteiger partial charge in [0.2, 0.25) is 0 Å². The van der Waals surface area contributed by atoms with Gasteiger partial charge in [-0.3, -0.25) is 14.6 Å². The van der Waals surface area contributed by atoms with Crippen molar-refractivity contribution in [3.8, 4) is 5.75 Å². The number of carbonyl (C=O) groups excluding carboxylic acids is 2. The quantitative estimate of drug-likeness (QED) is 0.621. The summed E-state index contributed by atoms with van der Waals surface area (Å²) in [6.45, 7) is 1.97. The van der Waals surface area contributed by atoms with Crippen molar-refractivity contribution >= 4 is 11.8 Å². The minimum Gasteiger partial charge on any atom is -0.489 e. The lowest BCUT2D eigenvalue weighted by Gasteiger charge is -2.32. The molecule has 6 nitrogen and oxygen atoms in total. The molecule has 2 aliphatic rings. The highest BCUT2D eigenvalue weighted by Crippen LogP contribution is 2.28. The highest BCUT2D eigenvalue weighted by molar-refractivity contribution is 5.97. The van der Waals surface area contributed by atoms with Gasteiger partial charge in [-0.15, -0.1) is 0 Å². The summed E-state index contributed by atoms with van der Waals surface area (Å²) in [5.74, 6) is 1.40. The second-order valence-electron chi connectivity index (χ2n) is 8.90. The van der Waals surface area contributed by atoms with Crippen molar-refractivity contribution in [2.45, 2.75) is 57.5 Å². The van der Waals surface area contributed by atoms with E-state index < -0.39 is 0 Å². The van der Waals surface area contributed by atoms with E-state index in [9.17, 15) is 9.59 Å². The molecule has 32 heavy (non-hydrogen) atoms. The van der Waals surface area contributed by atoms with Crippen molar-refractivity contribution in [1.29, 1.82) is 0 Å². The molecule has 1 aliphatic carbocycles. The first-order chi connectivity index (χ1) is 15.7. The van der Waals surface area contributed by atoms with Crippen LogP contribution in [-0.2, 0) is 0 Å². The monoisotopic (exact) mass is 435 g/mol. The zero-order chi connectivity index (χ0) is 22.2. The molecular weight excluding hydrogens is 402 g/mol. The van der Waals surface area contributed by atoms with Gasteiger partial charge in [0.05, 0.1) is 11.1 Å². The van der Waals surface area contributed by atoms with Gasteiger partial charge < -0.3 is 15.0 Å². The normalized spacial score (nSPS) is 17.3. The minimum atomic E-state index is -0.0730. The fourth-order valence-corrected chi connectivity index (χ4v) is 4.77. The Balaban J connectivity index is 1.26. The number of nitrogens with zero attached hydrogens (tertiary/aromatic N) is 2. The largest absolute Gasteiger partial charge is 0.489 e. The summed E-state index contributed by atoms with van der Waals surface area (Å²) in [5, 5.41) is 3.06. The van der Waals surface area contributed by atoms with Crippen LogP contribution >= 0.6 is 0 Å². The summed E-state index contributed by atoms with van der Waals surface area (Å²) >= 11 is 0. The zero-order valence-electron chi connectivity index (χ0n) is 18.7. The van der Waals surface area contributed by atoms with Crippen molar-refractivity contribution < 1.29 is 14.3 Å². The lowest BCUT2D eigenvalue weighted by Crippen LogP contribution is -2.42. The average Bonchev–Trinajstić information content (AvgIpc) is 3.36. The van der Waals surface area contributed by atoms with Gasteiger partial charge in [-0.05, 0) is 43.0 Å². The number of benzene rings is 1. The summed E-state index contributed by atoms with van der Waals surface area (Å²) in [5.41, 5.74) is 1.20. The lowest BCUT2D eigenvalue weighted by atomic mass is 10.0. The van der Waals surface area contributed by atoms with Gasteiger partial charge in [0, 0.05) is 44.9 Å². The van der Waals surface area contributed by atoms with Crippen LogP contribution in [0.15, 0.2) is 48.8 Å². The fourth-order valence-electron chi connectivity index (χ4n) is 4.77. The number of aromatic nitrogens is 1. The van der Waals surface area contributed by atoms with Gasteiger partial charge in [0.15, 0.2) is 0 Å². The van der Waals surface area contributed by atoms with E-state index in [-0.39, 0.29) is 17.9 Å². The van der Waals surface area contributed by atoms with Gasteiger partial charge in [0.25, 0.3) is 11.8 Å². The molecule has 1 N–H and O–H groups in total. The van der Waals surface area contributed by atoms with E-state index in [0.29, 0.717) is 36.5 Å². The Labute approximate surface area is 190 Å². The zero-order valence-corrected chi connectivity index (χ0v) is 18.7. The number of nitrogens with one attached hydrogen (secondary N) is 1. The third-order valence-electron chi connectivity index (χ3n) is 6.61. The van der Waals surface area contributed by atoms with Crippen LogP contribution in [0.2, 0.25) is 0 Å². The van der Waals surface area contributed by atoms with E-state index in [4.69, 9.17) is 4.74 Å². The van der Waals surface area contributed by atoms with Crippen molar-refractivity contribution in [2.24, 2.45) is 5.92 Å². The Bertz CT molecular complexity index is 888. The smallest absolute Gasteiger partial charge is 0.255 e. The number of carbonyl (C=O) groups is 2. The second kappa shape index (κ2) is 11.1. The molecule has 170 valence electrons. The van der Waals surface area contributed by atoms with Crippen LogP contribution in [0.4, 0.5) is 0 Å². The first-order valence-electron chi connectivity index (χ1n) is 11.9. The number of pyridine rings is 1. The number of hydrogen-bond donors (Lipinski definition) is 1. The molecule has 1 saturated carbocycles. The summed E-state index contributed by atoms with van der Waals surface area (Å²) in [6, 6.07) is 11.0. The highest BCUT2D eigenvalue weighted by Gasteiger charge is 2.26. The van der Waals surface area contributed by atoms with Crippen LogP contribution in [-0.4, -0.2) is 47.4 Å². The molecule has 1 aliphatic heterocycles. The van der Waals surface area contributed by atoms with E-state index >= 15 is 0 Å². The Morgan fingerprint density at radius 3 is 2.56 bits per heavy atom. The molecule has 2 aromatic rings. The molecule has 1 aromatic carbocycles. The van der Waals surface area contributed by atoms with Gasteiger partial charge in [-0.25, -0.2) is 0 Å². The standard InChI is InChI=1S/C26H33N3O3/c30-25(28-16-5-9-20-7-1-2-8-20)23-11-3-4-12-24(23)32-22-13-17-29(18-14-22)26(31)21-10-6-15-27-19-21/h3-4,6,10-12,15,19-20,22H,1-2,5,7-9,13-14,16-18H2,(H,28,30). The first-order valence-corrected chi connectivity index (χ1v) is 11.9. The van der Waals surface area contributed by atoms with E-state index in [1.54, 1.807) is 24.5 Å². The number of rotatable bonds is 8. The molecule has 0 unspecified atom stereocenters. The molecule has 2 heterocycles. The van der Waals surface area contributed by atoms with Crippen LogP contribution in [0.5, 0.6) is 5.75 Å². The molecule has 1 saturated heterocycles. The van der Waals surface area contributed by atoms with Crippen LogP contribution in [0.3, 0.4) is 0 Å².